The number of nitrogens with one attached hydrogen (secondary N) is 1. The summed E-state index contributed by atoms with van der Waals surface area (Å²) < 4.78 is 10.2. The number of ether oxygens (including phenoxy) is 2. The number of amides is 1. The minimum Gasteiger partial charge on any atom is -0.464 e. The van der Waals surface area contributed by atoms with Crippen LogP contribution in [0.15, 0.2) is 25.3 Å². The maximum atomic E-state index is 12.1. The second-order valence-electron chi connectivity index (χ2n) is 6.35. The SMILES string of the molecule is C=CCCC(=O)OCCNC(=O)[C@@H](CC=C)CC(=O)OC(C)(C)C. The summed E-state index contributed by atoms with van der Waals surface area (Å²) >= 11 is 0. The summed E-state index contributed by atoms with van der Waals surface area (Å²) in [4.78, 5) is 35.3. The third kappa shape index (κ3) is 11.5. The van der Waals surface area contributed by atoms with Crippen molar-refractivity contribution in [2.45, 2.75) is 52.1 Å². The highest BCUT2D eigenvalue weighted by atomic mass is 16.6. The minimum atomic E-state index is -0.591. The zero-order valence-corrected chi connectivity index (χ0v) is 14.9. The van der Waals surface area contributed by atoms with Gasteiger partial charge in [0.15, 0.2) is 0 Å². The first-order valence-corrected chi connectivity index (χ1v) is 8.06. The Morgan fingerprint density at radius 3 is 2.33 bits per heavy atom. The Hall–Kier alpha value is -2.11. The number of carbonyl (C=O) groups is 3. The Bertz CT molecular complexity index is 451. The number of hydrogen-bond donors (Lipinski definition) is 1. The lowest BCUT2D eigenvalue weighted by molar-refractivity contribution is -0.157. The Morgan fingerprint density at radius 2 is 1.79 bits per heavy atom. The average molecular weight is 339 g/mol. The van der Waals surface area contributed by atoms with Crippen molar-refractivity contribution in [2.75, 3.05) is 13.2 Å². The molecule has 0 radical (unpaired) electrons. The van der Waals surface area contributed by atoms with E-state index < -0.39 is 17.5 Å². The van der Waals surface area contributed by atoms with Gasteiger partial charge in [-0.05, 0) is 33.6 Å². The third-order valence-electron chi connectivity index (χ3n) is 2.87. The van der Waals surface area contributed by atoms with Crippen molar-refractivity contribution in [3.05, 3.63) is 25.3 Å². The second kappa shape index (κ2) is 11.4. The van der Waals surface area contributed by atoms with Crippen LogP contribution in [0.1, 0.15) is 46.5 Å². The van der Waals surface area contributed by atoms with Crippen molar-refractivity contribution in [2.24, 2.45) is 5.92 Å². The molecule has 0 saturated heterocycles. The molecule has 0 bridgehead atoms. The third-order valence-corrected chi connectivity index (χ3v) is 2.87. The van der Waals surface area contributed by atoms with Gasteiger partial charge in [-0.15, -0.1) is 13.2 Å². The van der Waals surface area contributed by atoms with Crippen molar-refractivity contribution < 1.29 is 23.9 Å². The molecule has 136 valence electrons. The maximum absolute atomic E-state index is 12.1. The Kier molecular flexibility index (Phi) is 10.4. The van der Waals surface area contributed by atoms with Crippen LogP contribution >= 0.6 is 0 Å². The molecule has 0 aromatic rings. The fraction of sp³-hybridized carbons (Fsp3) is 0.611. The van der Waals surface area contributed by atoms with E-state index in [0.717, 1.165) is 0 Å². The molecule has 0 saturated carbocycles. The zero-order valence-electron chi connectivity index (χ0n) is 14.9. The molecule has 0 heterocycles. The van der Waals surface area contributed by atoms with Crippen LogP contribution in [-0.4, -0.2) is 36.6 Å². The molecule has 1 amide bonds. The molecule has 24 heavy (non-hydrogen) atoms. The fourth-order valence-electron chi connectivity index (χ4n) is 1.84. The van der Waals surface area contributed by atoms with Crippen molar-refractivity contribution in [3.63, 3.8) is 0 Å². The second-order valence-corrected chi connectivity index (χ2v) is 6.35. The first kappa shape index (κ1) is 21.9. The van der Waals surface area contributed by atoms with E-state index >= 15 is 0 Å². The highest BCUT2D eigenvalue weighted by molar-refractivity contribution is 5.84. The summed E-state index contributed by atoms with van der Waals surface area (Å²) in [5.41, 5.74) is -0.591. The smallest absolute Gasteiger partial charge is 0.307 e. The van der Waals surface area contributed by atoms with Crippen LogP contribution in [-0.2, 0) is 23.9 Å². The highest BCUT2D eigenvalue weighted by Gasteiger charge is 2.24. The first-order chi connectivity index (χ1) is 11.2. The van der Waals surface area contributed by atoms with E-state index in [4.69, 9.17) is 9.47 Å². The predicted molar refractivity (Wildman–Crippen MR) is 92.2 cm³/mol. The number of rotatable bonds is 11. The van der Waals surface area contributed by atoms with E-state index in [1.807, 2.05) is 0 Å². The van der Waals surface area contributed by atoms with E-state index in [2.05, 4.69) is 18.5 Å². The molecular formula is C18H29NO5. The van der Waals surface area contributed by atoms with Crippen LogP contribution < -0.4 is 5.32 Å². The lowest BCUT2D eigenvalue weighted by Crippen LogP contribution is -2.35. The predicted octanol–water partition coefficient (Wildman–Crippen LogP) is 2.54. The zero-order chi connectivity index (χ0) is 18.6. The quantitative estimate of drug-likeness (QED) is 0.355. The van der Waals surface area contributed by atoms with Gasteiger partial charge in [0.2, 0.25) is 5.91 Å². The molecular weight excluding hydrogens is 310 g/mol. The van der Waals surface area contributed by atoms with Gasteiger partial charge in [-0.2, -0.15) is 0 Å². The molecule has 0 aliphatic carbocycles. The fourth-order valence-corrected chi connectivity index (χ4v) is 1.84. The monoisotopic (exact) mass is 339 g/mol. The topological polar surface area (TPSA) is 81.7 Å². The molecule has 6 heteroatoms. The maximum Gasteiger partial charge on any atom is 0.307 e. The van der Waals surface area contributed by atoms with Crippen LogP contribution in [0, 0.1) is 5.92 Å². The Morgan fingerprint density at radius 1 is 1.12 bits per heavy atom. The molecule has 0 aromatic heterocycles. The van der Waals surface area contributed by atoms with Crippen molar-refractivity contribution >= 4 is 17.8 Å². The van der Waals surface area contributed by atoms with Gasteiger partial charge >= 0.3 is 11.9 Å². The summed E-state index contributed by atoms with van der Waals surface area (Å²) in [6.07, 6.45) is 4.40. The van der Waals surface area contributed by atoms with Gasteiger partial charge in [0.1, 0.15) is 12.2 Å². The highest BCUT2D eigenvalue weighted by Crippen LogP contribution is 2.15. The largest absolute Gasteiger partial charge is 0.464 e. The van der Waals surface area contributed by atoms with Gasteiger partial charge in [0.05, 0.1) is 18.9 Å². The molecule has 6 nitrogen and oxygen atoms in total. The Labute approximate surface area is 144 Å². The number of carbonyl (C=O) groups excluding carboxylic acids is 3. The van der Waals surface area contributed by atoms with Gasteiger partial charge in [0.25, 0.3) is 0 Å². The van der Waals surface area contributed by atoms with Crippen LogP contribution in [0.2, 0.25) is 0 Å². The first-order valence-electron chi connectivity index (χ1n) is 8.06. The van der Waals surface area contributed by atoms with E-state index in [-0.39, 0.29) is 37.9 Å². The Balaban J connectivity index is 4.24. The number of esters is 2. The van der Waals surface area contributed by atoms with Crippen LogP contribution in [0.25, 0.3) is 0 Å². The van der Waals surface area contributed by atoms with Crippen LogP contribution in [0.4, 0.5) is 0 Å². The summed E-state index contributed by atoms with van der Waals surface area (Å²) in [5, 5.41) is 2.66. The van der Waals surface area contributed by atoms with Crippen molar-refractivity contribution in [1.82, 2.24) is 5.32 Å². The molecule has 0 aromatic carbocycles. The summed E-state index contributed by atoms with van der Waals surface area (Å²) in [6, 6.07) is 0. The van der Waals surface area contributed by atoms with Gasteiger partial charge < -0.3 is 14.8 Å². The van der Waals surface area contributed by atoms with Gasteiger partial charge in [-0.3, -0.25) is 14.4 Å². The molecule has 1 atom stereocenters. The molecule has 0 spiro atoms. The van der Waals surface area contributed by atoms with Crippen LogP contribution in [0.3, 0.4) is 0 Å². The minimum absolute atomic E-state index is 0.0196. The average Bonchev–Trinajstić information content (AvgIpc) is 2.47. The van der Waals surface area contributed by atoms with Gasteiger partial charge in [-0.25, -0.2) is 0 Å². The molecule has 0 aliphatic heterocycles. The summed E-state index contributed by atoms with van der Waals surface area (Å²) in [7, 11) is 0. The lowest BCUT2D eigenvalue weighted by atomic mass is 10.0. The van der Waals surface area contributed by atoms with Gasteiger partial charge in [0, 0.05) is 6.42 Å². The van der Waals surface area contributed by atoms with E-state index in [1.54, 1.807) is 32.9 Å². The van der Waals surface area contributed by atoms with Crippen molar-refractivity contribution in [1.29, 1.82) is 0 Å². The molecule has 0 rings (SSSR count). The number of hydrogen-bond acceptors (Lipinski definition) is 5. The summed E-state index contributed by atoms with van der Waals surface area (Å²) in [5.74, 6) is -1.60. The van der Waals surface area contributed by atoms with E-state index in [9.17, 15) is 14.4 Å². The molecule has 0 aliphatic rings. The number of allylic oxidation sites excluding steroid dienone is 2. The van der Waals surface area contributed by atoms with E-state index in [0.29, 0.717) is 12.8 Å². The lowest BCUT2D eigenvalue weighted by Gasteiger charge is -2.21. The van der Waals surface area contributed by atoms with Crippen LogP contribution in [0.5, 0.6) is 0 Å². The molecule has 0 unspecified atom stereocenters. The van der Waals surface area contributed by atoms with E-state index in [1.165, 1.54) is 0 Å². The molecule has 0 fully saturated rings. The van der Waals surface area contributed by atoms with Gasteiger partial charge in [-0.1, -0.05) is 12.2 Å². The summed E-state index contributed by atoms with van der Waals surface area (Å²) in [6.45, 7) is 12.7. The normalized spacial score (nSPS) is 12.0. The molecule has 1 N–H and O–H groups in total. The standard InChI is InChI=1S/C18H29NO5/c1-6-8-10-15(20)23-12-11-19-17(22)14(9-7-2)13-16(21)24-18(3,4)5/h6-7,14H,1-2,8-13H2,3-5H3,(H,19,22)/t14-/m0/s1. The van der Waals surface area contributed by atoms with Crippen molar-refractivity contribution in [3.8, 4) is 0 Å².